The molecule has 0 radical (unpaired) electrons. The lowest BCUT2D eigenvalue weighted by Gasteiger charge is -2.02. The third-order valence-corrected chi connectivity index (χ3v) is 3.66. The van der Waals surface area contributed by atoms with Crippen LogP contribution in [0.4, 0.5) is 17.6 Å². The first-order valence-corrected chi connectivity index (χ1v) is 7.36. The third-order valence-electron chi connectivity index (χ3n) is 2.92. The van der Waals surface area contributed by atoms with Crippen molar-refractivity contribution in [2.24, 2.45) is 0 Å². The smallest absolute Gasteiger partial charge is 0.198 e. The molecule has 0 aromatic heterocycles. The van der Waals surface area contributed by atoms with Gasteiger partial charge in [0.25, 0.3) is 0 Å². The molecule has 0 saturated heterocycles. The van der Waals surface area contributed by atoms with Crippen molar-refractivity contribution in [2.45, 2.75) is 4.90 Å². The summed E-state index contributed by atoms with van der Waals surface area (Å²) in [6.07, 6.45) is 3.77. The van der Waals surface area contributed by atoms with Crippen molar-refractivity contribution in [2.75, 3.05) is 6.26 Å². The maximum Gasteiger partial charge on any atom is 0.198 e. The van der Waals surface area contributed by atoms with Crippen LogP contribution in [0.1, 0.15) is 15.9 Å². The van der Waals surface area contributed by atoms with E-state index in [4.69, 9.17) is 0 Å². The molecule has 0 spiro atoms. The minimum absolute atomic E-state index is 0.345. The van der Waals surface area contributed by atoms with Gasteiger partial charge < -0.3 is 0 Å². The highest BCUT2D eigenvalue weighted by Crippen LogP contribution is 2.20. The van der Waals surface area contributed by atoms with E-state index >= 15 is 0 Å². The molecule has 22 heavy (non-hydrogen) atoms. The van der Waals surface area contributed by atoms with E-state index < -0.39 is 34.6 Å². The zero-order valence-corrected chi connectivity index (χ0v) is 12.2. The van der Waals surface area contributed by atoms with Crippen molar-refractivity contribution in [3.05, 3.63) is 70.8 Å². The highest BCUT2D eigenvalue weighted by molar-refractivity contribution is 7.98. The molecular formula is C16H10F4OS. The predicted octanol–water partition coefficient (Wildman–Crippen LogP) is 4.86. The van der Waals surface area contributed by atoms with Crippen molar-refractivity contribution in [3.8, 4) is 0 Å². The monoisotopic (exact) mass is 326 g/mol. The Morgan fingerprint density at radius 3 is 2.23 bits per heavy atom. The summed E-state index contributed by atoms with van der Waals surface area (Å²) in [5.74, 6) is -7.31. The van der Waals surface area contributed by atoms with Crippen LogP contribution in [0.2, 0.25) is 0 Å². The molecule has 2 aromatic carbocycles. The Bertz CT molecular complexity index is 739. The zero-order valence-electron chi connectivity index (χ0n) is 11.4. The third kappa shape index (κ3) is 3.39. The fraction of sp³-hybridized carbons (Fsp3) is 0.0625. The topological polar surface area (TPSA) is 17.1 Å². The first-order chi connectivity index (χ1) is 10.4. The molecule has 0 aliphatic carbocycles. The number of allylic oxidation sites excluding steroid dienone is 1. The molecule has 1 nitrogen and oxygen atoms in total. The van der Waals surface area contributed by atoms with Gasteiger partial charge in [-0.1, -0.05) is 0 Å². The van der Waals surface area contributed by atoms with E-state index in [0.717, 1.165) is 17.0 Å². The van der Waals surface area contributed by atoms with Gasteiger partial charge in [0.15, 0.2) is 29.1 Å². The van der Waals surface area contributed by atoms with Crippen LogP contribution in [0, 0.1) is 23.3 Å². The summed E-state index contributed by atoms with van der Waals surface area (Å²) >= 11 is 1.51. The number of hydrogen-bond donors (Lipinski definition) is 0. The molecule has 0 aliphatic heterocycles. The molecule has 0 amide bonds. The Hall–Kier alpha value is -2.08. The Morgan fingerprint density at radius 2 is 1.64 bits per heavy atom. The molecule has 6 heteroatoms. The van der Waals surface area contributed by atoms with Crippen LogP contribution in [0.25, 0.3) is 6.08 Å². The van der Waals surface area contributed by atoms with Gasteiger partial charge in [-0.05, 0) is 48.7 Å². The van der Waals surface area contributed by atoms with E-state index in [9.17, 15) is 22.4 Å². The van der Waals surface area contributed by atoms with Gasteiger partial charge >= 0.3 is 0 Å². The maximum absolute atomic E-state index is 13.4. The number of thioether (sulfide) groups is 1. The molecule has 0 saturated carbocycles. The van der Waals surface area contributed by atoms with Gasteiger partial charge in [0.1, 0.15) is 0 Å². The lowest BCUT2D eigenvalue weighted by molar-refractivity contribution is 0.104. The predicted molar refractivity (Wildman–Crippen MR) is 77.9 cm³/mol. The van der Waals surface area contributed by atoms with Crippen LogP contribution in [0.5, 0.6) is 0 Å². The van der Waals surface area contributed by atoms with Crippen LogP contribution in [-0.2, 0) is 0 Å². The molecular weight excluding hydrogens is 316 g/mol. The minimum atomic E-state index is -1.91. The summed E-state index contributed by atoms with van der Waals surface area (Å²) in [6, 6.07) is 7.14. The summed E-state index contributed by atoms with van der Waals surface area (Å²) < 4.78 is 52.4. The fourth-order valence-electron chi connectivity index (χ4n) is 1.73. The van der Waals surface area contributed by atoms with Gasteiger partial charge in [-0.15, -0.1) is 11.8 Å². The summed E-state index contributed by atoms with van der Waals surface area (Å²) in [7, 11) is 0. The average molecular weight is 326 g/mol. The van der Waals surface area contributed by atoms with Gasteiger partial charge in [-0.2, -0.15) is 0 Å². The second-order valence-electron chi connectivity index (χ2n) is 4.32. The fourth-order valence-corrected chi connectivity index (χ4v) is 2.14. The van der Waals surface area contributed by atoms with E-state index in [-0.39, 0.29) is 0 Å². The molecule has 114 valence electrons. The molecule has 0 bridgehead atoms. The number of benzene rings is 2. The summed E-state index contributed by atoms with van der Waals surface area (Å²) in [6.45, 7) is 0. The molecule has 2 aromatic rings. The highest BCUT2D eigenvalue weighted by Gasteiger charge is 2.17. The van der Waals surface area contributed by atoms with E-state index in [0.29, 0.717) is 11.6 Å². The summed E-state index contributed by atoms with van der Waals surface area (Å²) in [5.41, 5.74) is -0.192. The van der Waals surface area contributed by atoms with Crippen LogP contribution in [0.15, 0.2) is 41.3 Å². The lowest BCUT2D eigenvalue weighted by Crippen LogP contribution is -1.99. The van der Waals surface area contributed by atoms with E-state index in [1.54, 1.807) is 24.3 Å². The number of carbonyl (C=O) groups is 1. The molecule has 0 aliphatic rings. The first-order valence-electron chi connectivity index (χ1n) is 6.13. The Morgan fingerprint density at radius 1 is 1.00 bits per heavy atom. The minimum Gasteiger partial charge on any atom is -0.289 e. The molecule has 0 fully saturated rings. The first kappa shape index (κ1) is 16.3. The second kappa shape index (κ2) is 6.79. The SMILES string of the molecule is CSc1ccc(C(=O)C=Cc2cc(F)c(F)c(F)c2F)cc1. The van der Waals surface area contributed by atoms with Crippen molar-refractivity contribution < 1.29 is 22.4 Å². The van der Waals surface area contributed by atoms with Gasteiger partial charge in [0.05, 0.1) is 0 Å². The van der Waals surface area contributed by atoms with Gasteiger partial charge in [-0.25, -0.2) is 17.6 Å². The Labute approximate surface area is 128 Å². The van der Waals surface area contributed by atoms with Gasteiger partial charge in [0, 0.05) is 16.0 Å². The highest BCUT2D eigenvalue weighted by atomic mass is 32.2. The Balaban J connectivity index is 2.26. The lowest BCUT2D eigenvalue weighted by atomic mass is 10.1. The Kier molecular flexibility index (Phi) is 5.03. The van der Waals surface area contributed by atoms with E-state index in [2.05, 4.69) is 0 Å². The summed E-state index contributed by atoms with van der Waals surface area (Å²) in [4.78, 5) is 12.9. The van der Waals surface area contributed by atoms with E-state index in [1.807, 2.05) is 6.26 Å². The van der Waals surface area contributed by atoms with Crippen molar-refractivity contribution in [1.29, 1.82) is 0 Å². The average Bonchev–Trinajstić information content (AvgIpc) is 2.54. The summed E-state index contributed by atoms with van der Waals surface area (Å²) in [5, 5.41) is 0. The molecule has 0 N–H and O–H groups in total. The number of carbonyl (C=O) groups excluding carboxylic acids is 1. The largest absolute Gasteiger partial charge is 0.289 e. The second-order valence-corrected chi connectivity index (χ2v) is 5.20. The molecule has 2 rings (SSSR count). The van der Waals surface area contributed by atoms with Gasteiger partial charge in [-0.3, -0.25) is 4.79 Å². The van der Waals surface area contributed by atoms with Crippen molar-refractivity contribution in [3.63, 3.8) is 0 Å². The number of halogens is 4. The number of rotatable bonds is 4. The van der Waals surface area contributed by atoms with Crippen LogP contribution in [0.3, 0.4) is 0 Å². The standard InChI is InChI=1S/C16H10F4OS/c1-22-11-5-2-9(3-6-11)13(21)7-4-10-8-12(17)15(19)16(20)14(10)18/h2-8H,1H3. The number of ketones is 1. The zero-order chi connectivity index (χ0) is 16.3. The van der Waals surface area contributed by atoms with Crippen molar-refractivity contribution >= 4 is 23.6 Å². The van der Waals surface area contributed by atoms with Crippen LogP contribution >= 0.6 is 11.8 Å². The van der Waals surface area contributed by atoms with Gasteiger partial charge in [0.2, 0.25) is 0 Å². The van der Waals surface area contributed by atoms with Crippen molar-refractivity contribution in [1.82, 2.24) is 0 Å². The van der Waals surface area contributed by atoms with Crippen LogP contribution < -0.4 is 0 Å². The van der Waals surface area contributed by atoms with Crippen LogP contribution in [-0.4, -0.2) is 12.0 Å². The molecule has 0 atom stereocenters. The number of hydrogen-bond acceptors (Lipinski definition) is 2. The maximum atomic E-state index is 13.4. The normalized spacial score (nSPS) is 11.1. The molecule has 0 heterocycles. The molecule has 0 unspecified atom stereocenters. The quantitative estimate of drug-likeness (QED) is 0.199. The van der Waals surface area contributed by atoms with E-state index in [1.165, 1.54) is 11.8 Å².